The number of thiophene rings is 1. The summed E-state index contributed by atoms with van der Waals surface area (Å²) in [5.74, 6) is 0.461. The van der Waals surface area contributed by atoms with Crippen LogP contribution in [0, 0.1) is 0 Å². The van der Waals surface area contributed by atoms with Gasteiger partial charge in [0.15, 0.2) is 0 Å². The summed E-state index contributed by atoms with van der Waals surface area (Å²) in [6, 6.07) is 11.8. The third-order valence-electron chi connectivity index (χ3n) is 6.56. The largest absolute Gasteiger partial charge is 0.508 e. The lowest BCUT2D eigenvalue weighted by molar-refractivity contribution is -0.186. The number of hydrogen-bond donors (Lipinski definition) is 2. The minimum Gasteiger partial charge on any atom is -0.508 e. The zero-order valence-electron chi connectivity index (χ0n) is 20.3. The molecular formula is C26H39N3O3S. The van der Waals surface area contributed by atoms with E-state index in [4.69, 9.17) is 4.74 Å². The standard InChI is InChI=1S/C18H26N2O3.C8H13NS/c1-14-17(22)19(2)13-18(23-14)8-11-20(12-9-18)10-7-15-5-3-4-6-16(15)21;1-9-6-2-4-8-5-3-7-10-8/h3-6,14,21H,7-13H2,1-2H3;3,5,7,9H,2,4,6H2,1H3. The molecule has 1 aromatic heterocycles. The number of ether oxygens (including phenoxy) is 1. The van der Waals surface area contributed by atoms with Gasteiger partial charge < -0.3 is 25.0 Å². The molecule has 4 rings (SSSR count). The van der Waals surface area contributed by atoms with Crippen LogP contribution in [0.15, 0.2) is 41.8 Å². The topological polar surface area (TPSA) is 65.0 Å². The Morgan fingerprint density at radius 3 is 2.58 bits per heavy atom. The number of phenolic OH excluding ortho intramolecular Hbond substituents is 1. The molecule has 0 radical (unpaired) electrons. The molecule has 3 heterocycles. The number of aryl methyl sites for hydroxylation is 1. The van der Waals surface area contributed by atoms with E-state index in [1.54, 1.807) is 6.07 Å². The summed E-state index contributed by atoms with van der Waals surface area (Å²) in [4.78, 5) is 17.6. The first-order chi connectivity index (χ1) is 15.9. The van der Waals surface area contributed by atoms with Crippen molar-refractivity contribution in [2.45, 2.75) is 50.7 Å². The summed E-state index contributed by atoms with van der Waals surface area (Å²) >= 11 is 1.85. The fourth-order valence-corrected chi connectivity index (χ4v) is 5.39. The summed E-state index contributed by atoms with van der Waals surface area (Å²) < 4.78 is 6.07. The van der Waals surface area contributed by atoms with Crippen molar-refractivity contribution < 1.29 is 14.6 Å². The van der Waals surface area contributed by atoms with E-state index < -0.39 is 0 Å². The first kappa shape index (κ1) is 25.7. The van der Waals surface area contributed by atoms with E-state index in [2.05, 4.69) is 27.7 Å². The Kier molecular flexibility index (Phi) is 9.74. The van der Waals surface area contributed by atoms with Gasteiger partial charge >= 0.3 is 0 Å². The van der Waals surface area contributed by atoms with Crippen LogP contribution in [-0.2, 0) is 22.4 Å². The lowest BCUT2D eigenvalue weighted by Gasteiger charge is -2.48. The maximum absolute atomic E-state index is 11.9. The van der Waals surface area contributed by atoms with Crippen LogP contribution in [0.5, 0.6) is 5.75 Å². The van der Waals surface area contributed by atoms with Gasteiger partial charge in [0.25, 0.3) is 5.91 Å². The number of carbonyl (C=O) groups excluding carboxylic acids is 1. The molecule has 0 saturated carbocycles. The molecular weight excluding hydrogens is 434 g/mol. The quantitative estimate of drug-likeness (QED) is 0.602. The molecule has 2 N–H and O–H groups in total. The van der Waals surface area contributed by atoms with Gasteiger partial charge in [0, 0.05) is 38.1 Å². The summed E-state index contributed by atoms with van der Waals surface area (Å²) in [6.07, 6.45) is 4.90. The lowest BCUT2D eigenvalue weighted by atomic mass is 9.88. The van der Waals surface area contributed by atoms with Crippen molar-refractivity contribution >= 4 is 17.2 Å². The number of carbonyl (C=O) groups is 1. The van der Waals surface area contributed by atoms with Gasteiger partial charge in [-0.25, -0.2) is 0 Å². The maximum atomic E-state index is 11.9. The van der Waals surface area contributed by atoms with E-state index >= 15 is 0 Å². The number of amides is 1. The zero-order valence-corrected chi connectivity index (χ0v) is 21.1. The van der Waals surface area contributed by atoms with Gasteiger partial charge in [-0.3, -0.25) is 4.79 Å². The van der Waals surface area contributed by atoms with Gasteiger partial charge in [0.05, 0.1) is 5.60 Å². The van der Waals surface area contributed by atoms with Gasteiger partial charge in [-0.05, 0) is 75.7 Å². The Bertz CT molecular complexity index is 834. The van der Waals surface area contributed by atoms with Gasteiger partial charge in [-0.2, -0.15) is 0 Å². The summed E-state index contributed by atoms with van der Waals surface area (Å²) in [7, 11) is 3.86. The van der Waals surface area contributed by atoms with Crippen molar-refractivity contribution in [2.24, 2.45) is 0 Å². The monoisotopic (exact) mass is 473 g/mol. The second-order valence-electron chi connectivity index (χ2n) is 9.14. The molecule has 1 spiro atoms. The molecule has 2 aromatic rings. The fourth-order valence-electron chi connectivity index (χ4n) is 4.64. The van der Waals surface area contributed by atoms with Crippen molar-refractivity contribution in [3.05, 3.63) is 52.2 Å². The highest BCUT2D eigenvalue weighted by molar-refractivity contribution is 7.09. The van der Waals surface area contributed by atoms with Crippen LogP contribution in [0.2, 0.25) is 0 Å². The second-order valence-corrected chi connectivity index (χ2v) is 10.2. The fraction of sp³-hybridized carbons (Fsp3) is 0.577. The lowest BCUT2D eigenvalue weighted by Crippen LogP contribution is -2.60. The van der Waals surface area contributed by atoms with Gasteiger partial charge in [0.2, 0.25) is 0 Å². The smallest absolute Gasteiger partial charge is 0.251 e. The number of aromatic hydroxyl groups is 1. The van der Waals surface area contributed by atoms with Gasteiger partial charge in [-0.15, -0.1) is 11.3 Å². The molecule has 2 saturated heterocycles. The number of nitrogens with one attached hydrogen (secondary N) is 1. The summed E-state index contributed by atoms with van der Waals surface area (Å²) in [5, 5.41) is 15.1. The number of likely N-dealkylation sites (tertiary alicyclic amines) is 1. The van der Waals surface area contributed by atoms with E-state index in [0.29, 0.717) is 12.3 Å². The third kappa shape index (κ3) is 7.54. The summed E-state index contributed by atoms with van der Waals surface area (Å²) in [5.41, 5.74) is 0.827. The molecule has 0 aliphatic carbocycles. The first-order valence-corrected chi connectivity index (χ1v) is 12.9. The first-order valence-electron chi connectivity index (χ1n) is 12.0. The van der Waals surface area contributed by atoms with Crippen LogP contribution in [0.25, 0.3) is 0 Å². The number of rotatable bonds is 7. The molecule has 1 unspecified atom stereocenters. The number of para-hydroxylation sites is 1. The Hall–Kier alpha value is -1.93. The number of hydrogen-bond acceptors (Lipinski definition) is 6. The van der Waals surface area contributed by atoms with Crippen LogP contribution in [0.1, 0.15) is 36.6 Å². The Labute approximate surface area is 202 Å². The van der Waals surface area contributed by atoms with E-state index in [0.717, 1.165) is 51.0 Å². The van der Waals surface area contributed by atoms with Gasteiger partial charge in [-0.1, -0.05) is 24.3 Å². The van der Waals surface area contributed by atoms with E-state index in [1.165, 1.54) is 17.7 Å². The number of piperidine rings is 1. The van der Waals surface area contributed by atoms with Crippen molar-refractivity contribution in [1.29, 1.82) is 0 Å². The summed E-state index contributed by atoms with van der Waals surface area (Å²) in [6.45, 7) is 6.56. The number of benzene rings is 1. The zero-order chi connectivity index (χ0) is 23.7. The third-order valence-corrected chi connectivity index (χ3v) is 7.50. The van der Waals surface area contributed by atoms with Crippen LogP contribution < -0.4 is 5.32 Å². The molecule has 0 bridgehead atoms. The van der Waals surface area contributed by atoms with Crippen molar-refractivity contribution in [3.63, 3.8) is 0 Å². The highest BCUT2D eigenvalue weighted by Crippen LogP contribution is 2.32. The van der Waals surface area contributed by atoms with E-state index in [-0.39, 0.29) is 17.6 Å². The molecule has 6 nitrogen and oxygen atoms in total. The Morgan fingerprint density at radius 1 is 1.18 bits per heavy atom. The molecule has 33 heavy (non-hydrogen) atoms. The van der Waals surface area contributed by atoms with Crippen LogP contribution >= 0.6 is 11.3 Å². The Morgan fingerprint density at radius 2 is 1.94 bits per heavy atom. The predicted octanol–water partition coefficient (Wildman–Crippen LogP) is 3.55. The highest BCUT2D eigenvalue weighted by Gasteiger charge is 2.44. The second kappa shape index (κ2) is 12.5. The SMILES string of the molecule is CC1OC2(CCN(CCc3ccccc3O)CC2)CN(C)C1=O.CNCCCc1cccs1. The van der Waals surface area contributed by atoms with Crippen LogP contribution in [0.3, 0.4) is 0 Å². The maximum Gasteiger partial charge on any atom is 0.251 e. The van der Waals surface area contributed by atoms with Crippen molar-refractivity contribution in [1.82, 2.24) is 15.1 Å². The number of morpholine rings is 1. The van der Waals surface area contributed by atoms with Gasteiger partial charge in [0.1, 0.15) is 11.9 Å². The van der Waals surface area contributed by atoms with Crippen LogP contribution in [0.4, 0.5) is 0 Å². The minimum atomic E-state index is -0.332. The van der Waals surface area contributed by atoms with Crippen molar-refractivity contribution in [3.8, 4) is 5.75 Å². The molecule has 7 heteroatoms. The molecule has 1 atom stereocenters. The number of nitrogens with zero attached hydrogens (tertiary/aromatic N) is 2. The molecule has 182 valence electrons. The predicted molar refractivity (Wildman–Crippen MR) is 135 cm³/mol. The molecule has 1 aromatic carbocycles. The van der Waals surface area contributed by atoms with Crippen molar-refractivity contribution in [2.75, 3.05) is 46.8 Å². The molecule has 1 amide bonds. The molecule has 2 aliphatic heterocycles. The molecule has 2 fully saturated rings. The minimum absolute atomic E-state index is 0.0811. The number of likely N-dealkylation sites (N-methyl/N-ethyl adjacent to an activating group) is 1. The average Bonchev–Trinajstić information content (AvgIpc) is 3.32. The number of phenols is 1. The van der Waals surface area contributed by atoms with E-state index in [9.17, 15) is 9.90 Å². The average molecular weight is 474 g/mol. The van der Waals surface area contributed by atoms with Crippen LogP contribution in [-0.4, -0.2) is 79.3 Å². The van der Waals surface area contributed by atoms with E-state index in [1.807, 2.05) is 55.5 Å². The highest BCUT2D eigenvalue weighted by atomic mass is 32.1. The normalized spacial score (nSPS) is 20.5. The Balaban J connectivity index is 0.000000257. The molecule has 2 aliphatic rings.